The SMILES string of the molecule is Brc1cnc(I)c(I)c1. The Morgan fingerprint density at radius 3 is 2.56 bits per heavy atom. The number of hydrogen-bond donors (Lipinski definition) is 0. The van der Waals surface area contributed by atoms with Crippen molar-refractivity contribution in [2.75, 3.05) is 0 Å². The van der Waals surface area contributed by atoms with Gasteiger partial charge in [0, 0.05) is 14.2 Å². The van der Waals surface area contributed by atoms with Crippen LogP contribution in [0.4, 0.5) is 0 Å². The molecular formula is C5H2BrI2N. The lowest BCUT2D eigenvalue weighted by molar-refractivity contribution is 1.23. The molecule has 0 aliphatic carbocycles. The first kappa shape index (κ1) is 8.19. The van der Waals surface area contributed by atoms with Crippen molar-refractivity contribution >= 4 is 61.1 Å². The highest BCUT2D eigenvalue weighted by Crippen LogP contribution is 2.16. The number of nitrogens with zero attached hydrogens (tertiary/aromatic N) is 1. The van der Waals surface area contributed by atoms with E-state index in [2.05, 4.69) is 66.1 Å². The molecule has 0 atom stereocenters. The molecule has 0 aliphatic rings. The Kier molecular flexibility index (Phi) is 3.16. The molecule has 1 heterocycles. The molecule has 0 fully saturated rings. The van der Waals surface area contributed by atoms with E-state index in [0.717, 1.165) is 8.17 Å². The Balaban J connectivity index is 3.17. The minimum Gasteiger partial charge on any atom is -0.248 e. The second kappa shape index (κ2) is 3.47. The predicted molar refractivity (Wildman–Crippen MR) is 57.4 cm³/mol. The van der Waals surface area contributed by atoms with Crippen LogP contribution in [0.2, 0.25) is 0 Å². The van der Waals surface area contributed by atoms with E-state index in [1.54, 1.807) is 6.20 Å². The van der Waals surface area contributed by atoms with Gasteiger partial charge in [0.25, 0.3) is 0 Å². The molecule has 0 aliphatic heterocycles. The minimum atomic E-state index is 1.03. The number of hydrogen-bond acceptors (Lipinski definition) is 1. The summed E-state index contributed by atoms with van der Waals surface area (Å²) in [6, 6.07) is 2.04. The molecule has 0 spiro atoms. The van der Waals surface area contributed by atoms with Gasteiger partial charge < -0.3 is 0 Å². The summed E-state index contributed by atoms with van der Waals surface area (Å²) in [5.74, 6) is 0. The second-order valence-electron chi connectivity index (χ2n) is 1.43. The van der Waals surface area contributed by atoms with E-state index < -0.39 is 0 Å². The summed E-state index contributed by atoms with van der Waals surface area (Å²) in [7, 11) is 0. The van der Waals surface area contributed by atoms with Gasteiger partial charge in [-0.1, -0.05) is 0 Å². The van der Waals surface area contributed by atoms with Gasteiger partial charge in [0.15, 0.2) is 0 Å². The summed E-state index contributed by atoms with van der Waals surface area (Å²) in [6.45, 7) is 0. The molecule has 0 aromatic carbocycles. The minimum absolute atomic E-state index is 1.03. The van der Waals surface area contributed by atoms with Crippen LogP contribution >= 0.6 is 61.1 Å². The van der Waals surface area contributed by atoms with Crippen molar-refractivity contribution in [3.8, 4) is 0 Å². The van der Waals surface area contributed by atoms with Gasteiger partial charge in [-0.2, -0.15) is 0 Å². The number of pyridine rings is 1. The summed E-state index contributed by atoms with van der Waals surface area (Å²) >= 11 is 7.78. The average molecular weight is 410 g/mol. The van der Waals surface area contributed by atoms with E-state index in [-0.39, 0.29) is 0 Å². The molecular weight excluding hydrogens is 408 g/mol. The first-order valence-electron chi connectivity index (χ1n) is 2.16. The standard InChI is InChI=1S/C5H2BrI2N/c6-3-1-4(7)5(8)9-2-3/h1-2H. The molecule has 4 heteroatoms. The van der Waals surface area contributed by atoms with Crippen LogP contribution in [0.3, 0.4) is 0 Å². The molecule has 0 saturated heterocycles. The smallest absolute Gasteiger partial charge is 0.114 e. The van der Waals surface area contributed by atoms with Crippen LogP contribution in [0, 0.1) is 7.27 Å². The van der Waals surface area contributed by atoms with Crippen LogP contribution in [-0.2, 0) is 0 Å². The molecule has 48 valence electrons. The Morgan fingerprint density at radius 2 is 2.11 bits per heavy atom. The Morgan fingerprint density at radius 1 is 1.44 bits per heavy atom. The van der Waals surface area contributed by atoms with Crippen molar-refractivity contribution in [3.05, 3.63) is 24.0 Å². The van der Waals surface area contributed by atoms with Crippen LogP contribution in [0.1, 0.15) is 0 Å². The largest absolute Gasteiger partial charge is 0.248 e. The molecule has 1 aromatic rings. The number of halogens is 3. The topological polar surface area (TPSA) is 12.9 Å². The Bertz CT molecular complexity index is 226. The predicted octanol–water partition coefficient (Wildman–Crippen LogP) is 3.05. The monoisotopic (exact) mass is 409 g/mol. The molecule has 1 nitrogen and oxygen atoms in total. The van der Waals surface area contributed by atoms with Gasteiger partial charge >= 0.3 is 0 Å². The van der Waals surface area contributed by atoms with Gasteiger partial charge in [-0.3, -0.25) is 0 Å². The lowest BCUT2D eigenvalue weighted by Crippen LogP contribution is -1.83. The van der Waals surface area contributed by atoms with E-state index >= 15 is 0 Å². The molecule has 0 bridgehead atoms. The van der Waals surface area contributed by atoms with E-state index in [9.17, 15) is 0 Å². The van der Waals surface area contributed by atoms with E-state index in [4.69, 9.17) is 0 Å². The highest BCUT2D eigenvalue weighted by Gasteiger charge is 1.95. The van der Waals surface area contributed by atoms with Gasteiger partial charge in [0.05, 0.1) is 0 Å². The van der Waals surface area contributed by atoms with E-state index in [0.29, 0.717) is 0 Å². The number of aromatic nitrogens is 1. The van der Waals surface area contributed by atoms with Crippen LogP contribution in [-0.4, -0.2) is 4.98 Å². The zero-order valence-corrected chi connectivity index (χ0v) is 10.1. The average Bonchev–Trinajstić information content (AvgIpc) is 1.80. The molecule has 1 aromatic heterocycles. The maximum absolute atomic E-state index is 4.11. The fourth-order valence-corrected chi connectivity index (χ4v) is 1.93. The van der Waals surface area contributed by atoms with Crippen molar-refractivity contribution in [1.29, 1.82) is 0 Å². The van der Waals surface area contributed by atoms with Gasteiger partial charge in [0.2, 0.25) is 0 Å². The summed E-state index contributed by atoms with van der Waals surface area (Å²) in [4.78, 5) is 4.11. The van der Waals surface area contributed by atoms with Crippen molar-refractivity contribution in [2.24, 2.45) is 0 Å². The molecule has 0 unspecified atom stereocenters. The van der Waals surface area contributed by atoms with Crippen molar-refractivity contribution in [2.45, 2.75) is 0 Å². The van der Waals surface area contributed by atoms with Gasteiger partial charge in [-0.15, -0.1) is 0 Å². The zero-order valence-electron chi connectivity index (χ0n) is 4.24. The van der Waals surface area contributed by atoms with Crippen molar-refractivity contribution < 1.29 is 0 Å². The lowest BCUT2D eigenvalue weighted by Gasteiger charge is -1.93. The summed E-state index contributed by atoms with van der Waals surface area (Å²) in [5, 5.41) is 0. The molecule has 0 N–H and O–H groups in total. The van der Waals surface area contributed by atoms with E-state index in [1.807, 2.05) is 6.07 Å². The second-order valence-corrected chi connectivity index (χ2v) is 4.53. The number of rotatable bonds is 0. The van der Waals surface area contributed by atoms with Crippen LogP contribution in [0.25, 0.3) is 0 Å². The Hall–Kier alpha value is 1.09. The molecule has 0 amide bonds. The van der Waals surface area contributed by atoms with Crippen molar-refractivity contribution in [3.63, 3.8) is 0 Å². The molecule has 0 saturated carbocycles. The third kappa shape index (κ3) is 2.30. The van der Waals surface area contributed by atoms with Gasteiger partial charge in [0.1, 0.15) is 3.70 Å². The third-order valence-corrected chi connectivity index (χ3v) is 3.91. The zero-order chi connectivity index (χ0) is 6.85. The maximum Gasteiger partial charge on any atom is 0.114 e. The van der Waals surface area contributed by atoms with Crippen molar-refractivity contribution in [1.82, 2.24) is 4.98 Å². The fourth-order valence-electron chi connectivity index (χ4n) is 0.398. The first-order chi connectivity index (χ1) is 4.20. The van der Waals surface area contributed by atoms with E-state index in [1.165, 1.54) is 3.57 Å². The summed E-state index contributed by atoms with van der Waals surface area (Å²) in [6.07, 6.45) is 1.80. The van der Waals surface area contributed by atoms with Gasteiger partial charge in [-0.05, 0) is 67.2 Å². The van der Waals surface area contributed by atoms with Crippen LogP contribution < -0.4 is 0 Å². The summed E-state index contributed by atoms with van der Waals surface area (Å²) < 4.78 is 3.27. The summed E-state index contributed by atoms with van der Waals surface area (Å²) in [5.41, 5.74) is 0. The normalized spacial score (nSPS) is 9.67. The first-order valence-corrected chi connectivity index (χ1v) is 5.12. The lowest BCUT2D eigenvalue weighted by atomic mass is 10.5. The third-order valence-electron chi connectivity index (χ3n) is 0.763. The quantitative estimate of drug-likeness (QED) is 0.474. The molecule has 0 radical (unpaired) electrons. The Labute approximate surface area is 89.0 Å². The van der Waals surface area contributed by atoms with Crippen LogP contribution in [0.5, 0.6) is 0 Å². The molecule has 9 heavy (non-hydrogen) atoms. The van der Waals surface area contributed by atoms with Crippen LogP contribution in [0.15, 0.2) is 16.7 Å². The highest BCUT2D eigenvalue weighted by atomic mass is 127. The molecule has 1 rings (SSSR count). The van der Waals surface area contributed by atoms with Gasteiger partial charge in [-0.25, -0.2) is 4.98 Å². The fraction of sp³-hybridized carbons (Fsp3) is 0. The highest BCUT2D eigenvalue weighted by molar-refractivity contribution is 14.1. The maximum atomic E-state index is 4.11.